The van der Waals surface area contributed by atoms with Crippen molar-refractivity contribution in [2.45, 2.75) is 39.2 Å². The van der Waals surface area contributed by atoms with Crippen LogP contribution in [0.25, 0.3) is 0 Å². The molecule has 6 heteroatoms. The molecule has 2 saturated heterocycles. The summed E-state index contributed by atoms with van der Waals surface area (Å²) in [5, 5.41) is 6.65. The van der Waals surface area contributed by atoms with Gasteiger partial charge in [-0.15, -0.1) is 24.8 Å². The minimum Gasteiger partial charge on any atom is -0.355 e. The van der Waals surface area contributed by atoms with Gasteiger partial charge in [0.05, 0.1) is 5.92 Å². The third-order valence-corrected chi connectivity index (χ3v) is 5.63. The Morgan fingerprint density at radius 3 is 2.62 bits per heavy atom. The van der Waals surface area contributed by atoms with E-state index in [-0.39, 0.29) is 42.1 Å². The Labute approximate surface area is 170 Å². The molecule has 2 N–H and O–H groups in total. The lowest BCUT2D eigenvalue weighted by Crippen LogP contribution is -2.47. The van der Waals surface area contributed by atoms with Crippen LogP contribution in [0.5, 0.6) is 0 Å². The molecule has 26 heavy (non-hydrogen) atoms. The lowest BCUT2D eigenvalue weighted by Gasteiger charge is -2.36. The number of hydrogen-bond donors (Lipinski definition) is 2. The van der Waals surface area contributed by atoms with Crippen molar-refractivity contribution < 1.29 is 4.79 Å². The predicted molar refractivity (Wildman–Crippen MR) is 112 cm³/mol. The molecule has 2 fully saturated rings. The SMILES string of the molecule is CC1(CNC(=O)C2CCCN(Cc3ccccc3)C2)CCNCC1.Cl.Cl. The zero-order valence-corrected chi connectivity index (χ0v) is 17.3. The van der Waals surface area contributed by atoms with Crippen LogP contribution in [0.3, 0.4) is 0 Å². The van der Waals surface area contributed by atoms with Crippen LogP contribution in [0, 0.1) is 11.3 Å². The van der Waals surface area contributed by atoms with Crippen molar-refractivity contribution in [3.63, 3.8) is 0 Å². The topological polar surface area (TPSA) is 44.4 Å². The Balaban J connectivity index is 0.00000169. The Kier molecular flexibility index (Phi) is 9.94. The third kappa shape index (κ3) is 6.73. The molecule has 1 aromatic carbocycles. The van der Waals surface area contributed by atoms with Gasteiger partial charge in [0.1, 0.15) is 0 Å². The standard InChI is InChI=1S/C20H31N3O.2ClH/c1-20(9-11-21-12-10-20)16-22-19(24)18-8-5-13-23(15-18)14-17-6-3-2-4-7-17;;/h2-4,6-7,18,21H,5,8-16H2,1H3,(H,22,24);2*1H. The summed E-state index contributed by atoms with van der Waals surface area (Å²) < 4.78 is 0. The molecule has 0 aromatic heterocycles. The lowest BCUT2D eigenvalue weighted by atomic mass is 9.81. The zero-order valence-electron chi connectivity index (χ0n) is 15.7. The van der Waals surface area contributed by atoms with Gasteiger partial charge in [0.25, 0.3) is 0 Å². The minimum atomic E-state index is 0. The van der Waals surface area contributed by atoms with Crippen LogP contribution >= 0.6 is 24.8 Å². The Morgan fingerprint density at radius 2 is 1.92 bits per heavy atom. The average molecular weight is 402 g/mol. The van der Waals surface area contributed by atoms with Crippen LogP contribution in [-0.2, 0) is 11.3 Å². The van der Waals surface area contributed by atoms with Crippen molar-refractivity contribution in [3.8, 4) is 0 Å². The van der Waals surface area contributed by atoms with E-state index in [0.29, 0.717) is 0 Å². The van der Waals surface area contributed by atoms with Crippen LogP contribution in [0.15, 0.2) is 30.3 Å². The molecule has 4 nitrogen and oxygen atoms in total. The Bertz CT molecular complexity index is 535. The van der Waals surface area contributed by atoms with Crippen molar-refractivity contribution in [1.29, 1.82) is 0 Å². The number of rotatable bonds is 5. The summed E-state index contributed by atoms with van der Waals surface area (Å²) in [5.74, 6) is 0.403. The van der Waals surface area contributed by atoms with E-state index in [0.717, 1.165) is 65.0 Å². The van der Waals surface area contributed by atoms with Gasteiger partial charge >= 0.3 is 0 Å². The summed E-state index contributed by atoms with van der Waals surface area (Å²) in [6.45, 7) is 8.20. The maximum Gasteiger partial charge on any atom is 0.224 e. The van der Waals surface area contributed by atoms with Gasteiger partial charge in [-0.2, -0.15) is 0 Å². The second kappa shape index (κ2) is 11.1. The van der Waals surface area contributed by atoms with Crippen LogP contribution in [-0.4, -0.2) is 43.5 Å². The number of benzene rings is 1. The van der Waals surface area contributed by atoms with Crippen molar-refractivity contribution in [1.82, 2.24) is 15.5 Å². The van der Waals surface area contributed by atoms with Crippen molar-refractivity contribution >= 4 is 30.7 Å². The van der Waals surface area contributed by atoms with E-state index >= 15 is 0 Å². The molecule has 1 amide bonds. The first-order valence-corrected chi connectivity index (χ1v) is 9.39. The quantitative estimate of drug-likeness (QED) is 0.795. The van der Waals surface area contributed by atoms with Crippen LogP contribution in [0.4, 0.5) is 0 Å². The molecule has 0 spiro atoms. The minimum absolute atomic E-state index is 0. The number of amides is 1. The molecule has 3 rings (SSSR count). The third-order valence-electron chi connectivity index (χ3n) is 5.63. The highest BCUT2D eigenvalue weighted by molar-refractivity contribution is 5.85. The van der Waals surface area contributed by atoms with E-state index in [9.17, 15) is 4.79 Å². The van der Waals surface area contributed by atoms with Gasteiger partial charge in [-0.1, -0.05) is 37.3 Å². The highest BCUT2D eigenvalue weighted by Crippen LogP contribution is 2.27. The van der Waals surface area contributed by atoms with Crippen molar-refractivity contribution in [3.05, 3.63) is 35.9 Å². The number of nitrogens with one attached hydrogen (secondary N) is 2. The number of likely N-dealkylation sites (tertiary alicyclic amines) is 1. The van der Waals surface area contributed by atoms with E-state index in [1.807, 2.05) is 0 Å². The smallest absolute Gasteiger partial charge is 0.224 e. The molecule has 1 aromatic rings. The number of hydrogen-bond acceptors (Lipinski definition) is 3. The molecular weight excluding hydrogens is 369 g/mol. The van der Waals surface area contributed by atoms with E-state index in [1.54, 1.807) is 0 Å². The molecule has 0 saturated carbocycles. The number of carbonyl (C=O) groups is 1. The van der Waals surface area contributed by atoms with Crippen LogP contribution in [0.2, 0.25) is 0 Å². The van der Waals surface area contributed by atoms with Crippen molar-refractivity contribution in [2.75, 3.05) is 32.7 Å². The van der Waals surface area contributed by atoms with Gasteiger partial charge in [0, 0.05) is 19.6 Å². The molecule has 2 heterocycles. The second-order valence-electron chi connectivity index (χ2n) is 7.84. The monoisotopic (exact) mass is 401 g/mol. The second-order valence-corrected chi connectivity index (χ2v) is 7.84. The largest absolute Gasteiger partial charge is 0.355 e. The summed E-state index contributed by atoms with van der Waals surface area (Å²) in [6, 6.07) is 10.6. The molecule has 0 radical (unpaired) electrons. The Morgan fingerprint density at radius 1 is 1.23 bits per heavy atom. The van der Waals surface area contributed by atoms with Gasteiger partial charge in [-0.05, 0) is 56.3 Å². The fourth-order valence-electron chi connectivity index (χ4n) is 3.91. The normalized spacial score (nSPS) is 22.6. The molecule has 0 bridgehead atoms. The van der Waals surface area contributed by atoms with Gasteiger partial charge in [-0.25, -0.2) is 0 Å². The first-order chi connectivity index (χ1) is 11.6. The highest BCUT2D eigenvalue weighted by atomic mass is 35.5. The molecular formula is C20H33Cl2N3O. The van der Waals surface area contributed by atoms with E-state index in [4.69, 9.17) is 0 Å². The maximum absolute atomic E-state index is 12.6. The number of halogens is 2. The van der Waals surface area contributed by atoms with Crippen LogP contribution in [0.1, 0.15) is 38.2 Å². The van der Waals surface area contributed by atoms with Crippen LogP contribution < -0.4 is 10.6 Å². The maximum atomic E-state index is 12.6. The summed E-state index contributed by atoms with van der Waals surface area (Å²) in [7, 11) is 0. The summed E-state index contributed by atoms with van der Waals surface area (Å²) in [4.78, 5) is 15.1. The fourth-order valence-corrected chi connectivity index (χ4v) is 3.91. The predicted octanol–water partition coefficient (Wildman–Crippen LogP) is 3.25. The van der Waals surface area contributed by atoms with Crippen molar-refractivity contribution in [2.24, 2.45) is 11.3 Å². The van der Waals surface area contributed by atoms with E-state index in [2.05, 4.69) is 52.8 Å². The first-order valence-electron chi connectivity index (χ1n) is 9.39. The fraction of sp³-hybridized carbons (Fsp3) is 0.650. The van der Waals surface area contributed by atoms with Gasteiger partial charge in [0.15, 0.2) is 0 Å². The summed E-state index contributed by atoms with van der Waals surface area (Å²) in [6.07, 6.45) is 4.44. The number of nitrogens with zero attached hydrogens (tertiary/aromatic N) is 1. The molecule has 148 valence electrons. The van der Waals surface area contributed by atoms with Gasteiger partial charge in [0.2, 0.25) is 5.91 Å². The summed E-state index contributed by atoms with van der Waals surface area (Å²) in [5.41, 5.74) is 1.60. The van der Waals surface area contributed by atoms with Gasteiger partial charge in [-0.3, -0.25) is 9.69 Å². The number of piperidine rings is 2. The lowest BCUT2D eigenvalue weighted by molar-refractivity contribution is -0.127. The average Bonchev–Trinajstić information content (AvgIpc) is 2.61. The Hall–Kier alpha value is -0.810. The molecule has 2 aliphatic rings. The number of carbonyl (C=O) groups excluding carboxylic acids is 1. The molecule has 2 aliphatic heterocycles. The molecule has 1 atom stereocenters. The highest BCUT2D eigenvalue weighted by Gasteiger charge is 2.30. The zero-order chi connectivity index (χ0) is 16.8. The first kappa shape index (κ1) is 23.2. The summed E-state index contributed by atoms with van der Waals surface area (Å²) >= 11 is 0. The molecule has 1 unspecified atom stereocenters. The van der Waals surface area contributed by atoms with E-state index in [1.165, 1.54) is 5.56 Å². The molecule has 0 aliphatic carbocycles. The van der Waals surface area contributed by atoms with E-state index < -0.39 is 0 Å². The van der Waals surface area contributed by atoms with Gasteiger partial charge < -0.3 is 10.6 Å².